The Morgan fingerprint density at radius 1 is 0.588 bits per heavy atom. The second-order valence-corrected chi connectivity index (χ2v) is 10.7. The van der Waals surface area contributed by atoms with Gasteiger partial charge in [-0.25, -0.2) is 0 Å². The summed E-state index contributed by atoms with van der Waals surface area (Å²) in [7, 11) is 0. The minimum Gasteiger partial charge on any atom is -0.481 e. The van der Waals surface area contributed by atoms with Crippen LogP contribution >= 0.6 is 0 Å². The van der Waals surface area contributed by atoms with E-state index in [4.69, 9.17) is 0 Å². The summed E-state index contributed by atoms with van der Waals surface area (Å²) in [5.41, 5.74) is -1.70. The van der Waals surface area contributed by atoms with Crippen molar-refractivity contribution in [2.45, 2.75) is 156 Å². The van der Waals surface area contributed by atoms with Crippen molar-refractivity contribution in [3.8, 4) is 0 Å². The normalized spacial score (nSPS) is 13.6. The molecule has 202 valence electrons. The highest BCUT2D eigenvalue weighted by molar-refractivity contribution is 5.75. The first-order valence-electron chi connectivity index (χ1n) is 14.4. The first-order valence-corrected chi connectivity index (χ1v) is 14.4. The molecule has 0 amide bonds. The van der Waals surface area contributed by atoms with Gasteiger partial charge in [0.25, 0.3) is 0 Å². The average molecular weight is 485 g/mol. The zero-order valence-electron chi connectivity index (χ0n) is 22.7. The number of carboxylic acids is 2. The summed E-state index contributed by atoms with van der Waals surface area (Å²) in [6.45, 7) is 6.00. The molecule has 0 fully saturated rings. The van der Waals surface area contributed by atoms with E-state index in [1.54, 1.807) is 6.92 Å². The number of carboxylic acid groups (broad SMARTS) is 2. The highest BCUT2D eigenvalue weighted by Crippen LogP contribution is 2.53. The Hall–Kier alpha value is -1.10. The molecule has 0 saturated heterocycles. The van der Waals surface area contributed by atoms with Gasteiger partial charge in [0.15, 0.2) is 0 Å². The van der Waals surface area contributed by atoms with Gasteiger partial charge >= 0.3 is 11.9 Å². The number of rotatable bonds is 25. The van der Waals surface area contributed by atoms with E-state index in [2.05, 4.69) is 13.8 Å². The maximum Gasteiger partial charge on any atom is 0.310 e. The molecule has 5 nitrogen and oxygen atoms in total. The third kappa shape index (κ3) is 13.1. The second kappa shape index (κ2) is 20.1. The topological polar surface area (TPSA) is 94.8 Å². The van der Waals surface area contributed by atoms with Crippen molar-refractivity contribution in [2.75, 3.05) is 6.61 Å². The Balaban J connectivity index is 5.21. The lowest BCUT2D eigenvalue weighted by Crippen LogP contribution is -2.47. The van der Waals surface area contributed by atoms with Crippen LogP contribution in [0.15, 0.2) is 0 Å². The monoisotopic (exact) mass is 484 g/mol. The van der Waals surface area contributed by atoms with Gasteiger partial charge in [0.2, 0.25) is 0 Å². The standard InChI is InChI=1S/C29H56O5/c1-4-6-8-10-12-14-16-18-21-29(23-20-26(31)32,28(3,24-25-30)27(33)34)22-19-17-15-13-11-9-7-5-2/h30H,4-25H2,1-3H3,(H,31,32)(H,33,34). The first kappa shape index (κ1) is 32.9. The molecule has 1 atom stereocenters. The van der Waals surface area contributed by atoms with Crippen LogP contribution in [0.1, 0.15) is 156 Å². The molecule has 0 spiro atoms. The van der Waals surface area contributed by atoms with Crippen LogP contribution in [0.2, 0.25) is 0 Å². The molecule has 0 aromatic rings. The lowest BCUT2D eigenvalue weighted by molar-refractivity contribution is -0.162. The van der Waals surface area contributed by atoms with Crippen molar-refractivity contribution >= 4 is 11.9 Å². The van der Waals surface area contributed by atoms with Crippen molar-refractivity contribution in [1.29, 1.82) is 0 Å². The summed E-state index contributed by atoms with van der Waals surface area (Å²) in [5, 5.41) is 29.4. The van der Waals surface area contributed by atoms with Crippen LogP contribution in [0.3, 0.4) is 0 Å². The molecule has 0 radical (unpaired) electrons. The molecular weight excluding hydrogens is 428 g/mol. The van der Waals surface area contributed by atoms with Crippen molar-refractivity contribution in [2.24, 2.45) is 10.8 Å². The summed E-state index contributed by atoms with van der Waals surface area (Å²) in [4.78, 5) is 24.0. The fourth-order valence-electron chi connectivity index (χ4n) is 5.57. The van der Waals surface area contributed by atoms with Gasteiger partial charge in [0.05, 0.1) is 5.41 Å². The predicted octanol–water partition coefficient (Wildman–Crippen LogP) is 8.37. The van der Waals surface area contributed by atoms with E-state index in [-0.39, 0.29) is 19.4 Å². The zero-order valence-corrected chi connectivity index (χ0v) is 22.7. The Morgan fingerprint density at radius 3 is 1.29 bits per heavy atom. The molecule has 0 aromatic heterocycles. The number of hydrogen-bond acceptors (Lipinski definition) is 3. The van der Waals surface area contributed by atoms with Gasteiger partial charge in [0.1, 0.15) is 0 Å². The van der Waals surface area contributed by atoms with Gasteiger partial charge in [-0.1, -0.05) is 117 Å². The molecular formula is C29H56O5. The SMILES string of the molecule is CCCCCCCCCCC(CCCCCCCCCC)(CCC(=O)O)C(C)(CCO)C(=O)O. The molecule has 3 N–H and O–H groups in total. The van der Waals surface area contributed by atoms with Crippen LogP contribution in [-0.4, -0.2) is 33.9 Å². The van der Waals surface area contributed by atoms with Crippen molar-refractivity contribution in [3.63, 3.8) is 0 Å². The lowest BCUT2D eigenvalue weighted by atomic mass is 9.56. The fourth-order valence-corrected chi connectivity index (χ4v) is 5.57. The summed E-state index contributed by atoms with van der Waals surface area (Å²) in [5.74, 6) is -1.76. The highest BCUT2D eigenvalue weighted by Gasteiger charge is 2.51. The van der Waals surface area contributed by atoms with Gasteiger partial charge in [-0.3, -0.25) is 9.59 Å². The largest absolute Gasteiger partial charge is 0.481 e. The number of carbonyl (C=O) groups is 2. The molecule has 0 rings (SSSR count). The second-order valence-electron chi connectivity index (χ2n) is 10.7. The molecule has 0 bridgehead atoms. The van der Waals surface area contributed by atoms with Crippen LogP contribution < -0.4 is 0 Å². The van der Waals surface area contributed by atoms with E-state index in [0.29, 0.717) is 6.42 Å². The Morgan fingerprint density at radius 2 is 0.971 bits per heavy atom. The number of unbranched alkanes of at least 4 members (excludes halogenated alkanes) is 14. The minimum absolute atomic E-state index is 0.0116. The van der Waals surface area contributed by atoms with Crippen molar-refractivity contribution in [1.82, 2.24) is 0 Å². The van der Waals surface area contributed by atoms with E-state index in [1.807, 2.05) is 0 Å². The summed E-state index contributed by atoms with van der Waals surface area (Å²) in [6.07, 6.45) is 20.9. The summed E-state index contributed by atoms with van der Waals surface area (Å²) in [6, 6.07) is 0. The zero-order chi connectivity index (χ0) is 25.7. The molecule has 0 heterocycles. The molecule has 1 unspecified atom stereocenters. The number of aliphatic hydroxyl groups excluding tert-OH is 1. The number of hydrogen-bond donors (Lipinski definition) is 3. The van der Waals surface area contributed by atoms with Gasteiger partial charge < -0.3 is 15.3 Å². The van der Waals surface area contributed by atoms with Crippen molar-refractivity contribution in [3.05, 3.63) is 0 Å². The Labute approximate surface area is 210 Å². The Bertz CT molecular complexity index is 499. The minimum atomic E-state index is -1.11. The molecule has 0 saturated carbocycles. The maximum atomic E-state index is 12.5. The van der Waals surface area contributed by atoms with Gasteiger partial charge in [-0.15, -0.1) is 0 Å². The number of aliphatic hydroxyl groups is 1. The summed E-state index contributed by atoms with van der Waals surface area (Å²) < 4.78 is 0. The van der Waals surface area contributed by atoms with Crippen LogP contribution in [-0.2, 0) is 9.59 Å². The summed E-state index contributed by atoms with van der Waals surface area (Å²) >= 11 is 0. The van der Waals surface area contributed by atoms with Crippen LogP contribution in [0.25, 0.3) is 0 Å². The van der Waals surface area contributed by atoms with E-state index in [0.717, 1.165) is 51.4 Å². The highest BCUT2D eigenvalue weighted by atomic mass is 16.4. The van der Waals surface area contributed by atoms with Crippen LogP contribution in [0.5, 0.6) is 0 Å². The van der Waals surface area contributed by atoms with E-state index < -0.39 is 22.8 Å². The molecule has 0 aliphatic heterocycles. The average Bonchev–Trinajstić information content (AvgIpc) is 2.80. The fraction of sp³-hybridized carbons (Fsp3) is 0.931. The first-order chi connectivity index (χ1) is 16.3. The van der Waals surface area contributed by atoms with E-state index >= 15 is 0 Å². The van der Waals surface area contributed by atoms with Crippen LogP contribution in [0, 0.1) is 10.8 Å². The predicted molar refractivity (Wildman–Crippen MR) is 141 cm³/mol. The molecule has 5 heteroatoms. The Kier molecular flexibility index (Phi) is 19.5. The third-order valence-electron chi connectivity index (χ3n) is 8.09. The maximum absolute atomic E-state index is 12.5. The molecule has 0 aliphatic rings. The van der Waals surface area contributed by atoms with Gasteiger partial charge in [-0.2, -0.15) is 0 Å². The lowest BCUT2D eigenvalue weighted by Gasteiger charge is -2.47. The van der Waals surface area contributed by atoms with E-state index in [1.165, 1.54) is 64.2 Å². The third-order valence-corrected chi connectivity index (χ3v) is 8.09. The quantitative estimate of drug-likeness (QED) is 0.113. The van der Waals surface area contributed by atoms with Gasteiger partial charge in [-0.05, 0) is 38.0 Å². The molecule has 34 heavy (non-hydrogen) atoms. The van der Waals surface area contributed by atoms with Gasteiger partial charge in [0, 0.05) is 13.0 Å². The van der Waals surface area contributed by atoms with E-state index in [9.17, 15) is 24.9 Å². The van der Waals surface area contributed by atoms with Crippen LogP contribution in [0.4, 0.5) is 0 Å². The van der Waals surface area contributed by atoms with Crippen molar-refractivity contribution < 1.29 is 24.9 Å². The number of aliphatic carboxylic acids is 2. The molecule has 0 aromatic carbocycles. The smallest absolute Gasteiger partial charge is 0.310 e. The molecule has 0 aliphatic carbocycles.